The fourth-order valence-electron chi connectivity index (χ4n) is 1.48. The van der Waals surface area contributed by atoms with Crippen molar-refractivity contribution in [2.45, 2.75) is 19.1 Å². The number of azide groups is 1. The molecule has 0 aromatic heterocycles. The second-order valence-electron chi connectivity index (χ2n) is 3.55. The van der Waals surface area contributed by atoms with Crippen molar-refractivity contribution in [3.05, 3.63) is 34.2 Å². The second kappa shape index (κ2) is 6.70. The van der Waals surface area contributed by atoms with Crippen molar-refractivity contribution in [3.8, 4) is 11.5 Å². The first-order valence-electron chi connectivity index (χ1n) is 5.43. The number of rotatable bonds is 6. The summed E-state index contributed by atoms with van der Waals surface area (Å²) >= 11 is 0. The second-order valence-corrected chi connectivity index (χ2v) is 3.55. The molecule has 2 unspecified atom stereocenters. The number of phenolic OH excluding ortho intramolecular Hbond substituents is 1. The molecule has 1 aromatic carbocycles. The third-order valence-electron chi connectivity index (χ3n) is 2.35. The van der Waals surface area contributed by atoms with Gasteiger partial charge in [0.15, 0.2) is 11.5 Å². The van der Waals surface area contributed by atoms with Crippen LogP contribution in [0.2, 0.25) is 0 Å². The molecule has 0 aliphatic rings. The lowest BCUT2D eigenvalue weighted by Crippen LogP contribution is -2.21. The Morgan fingerprint density at radius 3 is 2.78 bits per heavy atom. The molecule has 1 aromatic rings. The quantitative estimate of drug-likeness (QED) is 0.404. The average Bonchev–Trinajstić information content (AvgIpc) is 2.38. The highest BCUT2D eigenvalue weighted by Crippen LogP contribution is 2.34. The van der Waals surface area contributed by atoms with Gasteiger partial charge in [0.05, 0.1) is 19.3 Å². The van der Waals surface area contributed by atoms with Gasteiger partial charge in [0.25, 0.3) is 0 Å². The van der Waals surface area contributed by atoms with E-state index in [4.69, 9.17) is 10.3 Å². The van der Waals surface area contributed by atoms with Crippen LogP contribution in [0, 0.1) is 0 Å². The first-order valence-corrected chi connectivity index (χ1v) is 5.43. The predicted molar refractivity (Wildman–Crippen MR) is 64.3 cm³/mol. The standard InChI is InChI=1S/C11H15N3O4/c1-2-18-9-5-3-4-7(11(9)17)10(16)8(15)6-13-14-12/h3-5,8,10,15-17H,2,6H2,1H3. The zero-order valence-corrected chi connectivity index (χ0v) is 9.89. The molecule has 0 aliphatic carbocycles. The van der Waals surface area contributed by atoms with Crippen LogP contribution in [-0.2, 0) is 0 Å². The molecule has 7 heteroatoms. The monoisotopic (exact) mass is 253 g/mol. The number of aliphatic hydroxyl groups excluding tert-OH is 2. The van der Waals surface area contributed by atoms with Crippen LogP contribution in [0.4, 0.5) is 0 Å². The van der Waals surface area contributed by atoms with E-state index < -0.39 is 12.2 Å². The lowest BCUT2D eigenvalue weighted by molar-refractivity contribution is 0.0228. The van der Waals surface area contributed by atoms with E-state index in [1.807, 2.05) is 0 Å². The van der Waals surface area contributed by atoms with Crippen molar-refractivity contribution >= 4 is 0 Å². The summed E-state index contributed by atoms with van der Waals surface area (Å²) in [7, 11) is 0. The summed E-state index contributed by atoms with van der Waals surface area (Å²) in [6.45, 7) is 1.85. The van der Waals surface area contributed by atoms with Crippen molar-refractivity contribution in [2.24, 2.45) is 5.11 Å². The Balaban J connectivity index is 2.94. The van der Waals surface area contributed by atoms with Crippen molar-refractivity contribution in [1.82, 2.24) is 0 Å². The minimum atomic E-state index is -1.35. The molecule has 7 nitrogen and oxygen atoms in total. The van der Waals surface area contributed by atoms with Gasteiger partial charge in [-0.25, -0.2) is 0 Å². The molecule has 0 spiro atoms. The number of ether oxygens (including phenoxy) is 1. The maximum absolute atomic E-state index is 9.87. The SMILES string of the molecule is CCOc1cccc(C(O)C(O)CN=[N+]=[N-])c1O. The van der Waals surface area contributed by atoms with E-state index in [0.717, 1.165) is 0 Å². The maximum atomic E-state index is 9.87. The number of phenols is 1. The average molecular weight is 253 g/mol. The van der Waals surface area contributed by atoms with Crippen LogP contribution in [-0.4, -0.2) is 34.6 Å². The third kappa shape index (κ3) is 3.27. The number of hydrogen-bond acceptors (Lipinski definition) is 5. The number of hydrogen-bond donors (Lipinski definition) is 3. The molecule has 18 heavy (non-hydrogen) atoms. The van der Waals surface area contributed by atoms with Gasteiger partial charge in [0.1, 0.15) is 6.10 Å². The molecule has 0 radical (unpaired) electrons. The molecule has 1 rings (SSSR count). The molecule has 0 bridgehead atoms. The van der Waals surface area contributed by atoms with Crippen molar-refractivity contribution < 1.29 is 20.1 Å². The smallest absolute Gasteiger partial charge is 0.163 e. The highest BCUT2D eigenvalue weighted by Gasteiger charge is 2.22. The number of aliphatic hydroxyl groups is 2. The number of para-hydroxylation sites is 1. The molecular weight excluding hydrogens is 238 g/mol. The molecule has 98 valence electrons. The Labute approximate surface area is 104 Å². The Morgan fingerprint density at radius 2 is 2.17 bits per heavy atom. The summed E-state index contributed by atoms with van der Waals surface area (Å²) in [6, 6.07) is 4.60. The van der Waals surface area contributed by atoms with Gasteiger partial charge in [-0.15, -0.1) is 0 Å². The van der Waals surface area contributed by atoms with E-state index in [2.05, 4.69) is 10.0 Å². The molecule has 3 N–H and O–H groups in total. The molecule has 0 heterocycles. The van der Waals surface area contributed by atoms with Gasteiger partial charge in [0, 0.05) is 10.5 Å². The minimum Gasteiger partial charge on any atom is -0.504 e. The Kier molecular flexibility index (Phi) is 5.26. The first-order chi connectivity index (χ1) is 8.61. The van der Waals surface area contributed by atoms with E-state index in [9.17, 15) is 15.3 Å². The summed E-state index contributed by atoms with van der Waals surface area (Å²) in [5.74, 6) is -0.00290. The fourth-order valence-corrected chi connectivity index (χ4v) is 1.48. The normalized spacial score (nSPS) is 13.5. The Hall–Kier alpha value is -1.95. The lowest BCUT2D eigenvalue weighted by atomic mass is 10.0. The predicted octanol–water partition coefficient (Wildman–Crippen LogP) is 1.50. The maximum Gasteiger partial charge on any atom is 0.163 e. The van der Waals surface area contributed by atoms with E-state index in [1.165, 1.54) is 6.07 Å². The highest BCUT2D eigenvalue weighted by atomic mass is 16.5. The topological polar surface area (TPSA) is 119 Å². The molecular formula is C11H15N3O4. The molecule has 0 saturated heterocycles. The largest absolute Gasteiger partial charge is 0.504 e. The zero-order chi connectivity index (χ0) is 13.5. The highest BCUT2D eigenvalue weighted by molar-refractivity contribution is 5.46. The number of aromatic hydroxyl groups is 1. The van der Waals surface area contributed by atoms with Crippen LogP contribution in [0.25, 0.3) is 10.4 Å². The van der Waals surface area contributed by atoms with Gasteiger partial charge in [-0.2, -0.15) is 0 Å². The molecule has 0 saturated carbocycles. The lowest BCUT2D eigenvalue weighted by Gasteiger charge is -2.18. The molecule has 0 amide bonds. The Morgan fingerprint density at radius 1 is 1.44 bits per heavy atom. The van der Waals surface area contributed by atoms with Crippen molar-refractivity contribution in [1.29, 1.82) is 0 Å². The molecule has 0 fully saturated rings. The van der Waals surface area contributed by atoms with E-state index in [0.29, 0.717) is 6.61 Å². The van der Waals surface area contributed by atoms with E-state index in [-0.39, 0.29) is 23.6 Å². The van der Waals surface area contributed by atoms with Crippen LogP contribution in [0.1, 0.15) is 18.6 Å². The van der Waals surface area contributed by atoms with E-state index in [1.54, 1.807) is 19.1 Å². The molecule has 0 aliphatic heterocycles. The fraction of sp³-hybridized carbons (Fsp3) is 0.455. The summed E-state index contributed by atoms with van der Waals surface area (Å²) in [4.78, 5) is 2.49. The number of nitrogens with zero attached hydrogens (tertiary/aromatic N) is 3. The first kappa shape index (κ1) is 14.1. The van der Waals surface area contributed by atoms with Crippen LogP contribution >= 0.6 is 0 Å². The van der Waals surface area contributed by atoms with Gasteiger partial charge in [0.2, 0.25) is 0 Å². The van der Waals surface area contributed by atoms with Gasteiger partial charge in [-0.3, -0.25) is 0 Å². The van der Waals surface area contributed by atoms with Gasteiger partial charge in [-0.05, 0) is 18.5 Å². The van der Waals surface area contributed by atoms with Crippen molar-refractivity contribution in [3.63, 3.8) is 0 Å². The van der Waals surface area contributed by atoms with Gasteiger partial charge >= 0.3 is 0 Å². The third-order valence-corrected chi connectivity index (χ3v) is 2.35. The van der Waals surface area contributed by atoms with Crippen molar-refractivity contribution in [2.75, 3.05) is 13.2 Å². The summed E-state index contributed by atoms with van der Waals surface area (Å²) in [5.41, 5.74) is 8.26. The summed E-state index contributed by atoms with van der Waals surface area (Å²) < 4.78 is 5.16. The summed E-state index contributed by atoms with van der Waals surface area (Å²) in [5, 5.41) is 32.5. The van der Waals surface area contributed by atoms with Crippen LogP contribution < -0.4 is 4.74 Å². The van der Waals surface area contributed by atoms with Crippen LogP contribution in [0.15, 0.2) is 23.3 Å². The van der Waals surface area contributed by atoms with Gasteiger partial charge < -0.3 is 20.1 Å². The van der Waals surface area contributed by atoms with Crippen LogP contribution in [0.3, 0.4) is 0 Å². The van der Waals surface area contributed by atoms with Gasteiger partial charge in [-0.1, -0.05) is 17.2 Å². The number of benzene rings is 1. The molecule has 2 atom stereocenters. The van der Waals surface area contributed by atoms with E-state index >= 15 is 0 Å². The van der Waals surface area contributed by atoms with Crippen LogP contribution in [0.5, 0.6) is 11.5 Å². The zero-order valence-electron chi connectivity index (χ0n) is 9.89. The summed E-state index contributed by atoms with van der Waals surface area (Å²) in [6.07, 6.45) is -2.64. The Bertz CT molecular complexity index is 446. The minimum absolute atomic E-state index is 0.126.